The van der Waals surface area contributed by atoms with Gasteiger partial charge in [0.1, 0.15) is 0 Å². The Morgan fingerprint density at radius 3 is 2.67 bits per heavy atom. The van der Waals surface area contributed by atoms with Crippen LogP contribution in [0.4, 0.5) is 0 Å². The van der Waals surface area contributed by atoms with Crippen molar-refractivity contribution >= 4 is 5.91 Å². The van der Waals surface area contributed by atoms with Crippen LogP contribution in [0, 0.1) is 5.92 Å². The summed E-state index contributed by atoms with van der Waals surface area (Å²) in [6, 6.07) is 9.83. The number of rotatable bonds is 4. The van der Waals surface area contributed by atoms with Crippen LogP contribution >= 0.6 is 0 Å². The second-order valence-corrected chi connectivity index (χ2v) is 3.99. The molecule has 1 aliphatic heterocycles. The molecule has 15 heavy (non-hydrogen) atoms. The molecule has 1 aromatic rings. The lowest BCUT2D eigenvalue weighted by Gasteiger charge is -2.27. The molecule has 2 N–H and O–H groups in total. The van der Waals surface area contributed by atoms with Crippen molar-refractivity contribution in [2.45, 2.75) is 6.42 Å². The van der Waals surface area contributed by atoms with Gasteiger partial charge < -0.3 is 10.6 Å². The minimum Gasteiger partial charge on any atom is -0.355 e. The van der Waals surface area contributed by atoms with Crippen LogP contribution in [-0.4, -0.2) is 25.5 Å². The molecule has 3 nitrogen and oxygen atoms in total. The van der Waals surface area contributed by atoms with Crippen molar-refractivity contribution in [2.75, 3.05) is 19.6 Å². The Balaban J connectivity index is 1.72. The molecule has 1 aliphatic rings. The molecule has 1 heterocycles. The van der Waals surface area contributed by atoms with E-state index in [2.05, 4.69) is 10.6 Å². The Morgan fingerprint density at radius 1 is 1.33 bits per heavy atom. The van der Waals surface area contributed by atoms with E-state index in [1.165, 1.54) is 0 Å². The second-order valence-electron chi connectivity index (χ2n) is 3.99. The van der Waals surface area contributed by atoms with Crippen LogP contribution in [0.25, 0.3) is 0 Å². The van der Waals surface area contributed by atoms with E-state index in [1.807, 2.05) is 30.3 Å². The zero-order valence-corrected chi connectivity index (χ0v) is 8.70. The minimum atomic E-state index is 0.119. The number of benzene rings is 1. The fraction of sp³-hybridized carbons (Fsp3) is 0.417. The molecular weight excluding hydrogens is 188 g/mol. The topological polar surface area (TPSA) is 41.1 Å². The average Bonchev–Trinajstić information content (AvgIpc) is 2.17. The minimum absolute atomic E-state index is 0.119. The summed E-state index contributed by atoms with van der Waals surface area (Å²) in [7, 11) is 0. The maximum absolute atomic E-state index is 11.5. The molecule has 0 atom stereocenters. The number of nitrogens with one attached hydrogen (secondary N) is 2. The highest BCUT2D eigenvalue weighted by Gasteiger charge is 2.16. The molecule has 2 rings (SSSR count). The summed E-state index contributed by atoms with van der Waals surface area (Å²) in [6.45, 7) is 2.87. The number of carbonyl (C=O) groups is 1. The van der Waals surface area contributed by atoms with Crippen molar-refractivity contribution in [3.63, 3.8) is 0 Å². The summed E-state index contributed by atoms with van der Waals surface area (Å²) in [6.07, 6.45) is 0.487. The molecule has 1 aromatic carbocycles. The fourth-order valence-electron chi connectivity index (χ4n) is 1.59. The van der Waals surface area contributed by atoms with Crippen molar-refractivity contribution < 1.29 is 4.79 Å². The van der Waals surface area contributed by atoms with Crippen LogP contribution in [0.3, 0.4) is 0 Å². The van der Waals surface area contributed by atoms with Gasteiger partial charge in [-0.3, -0.25) is 4.79 Å². The van der Waals surface area contributed by atoms with Gasteiger partial charge in [-0.1, -0.05) is 30.3 Å². The third-order valence-electron chi connectivity index (χ3n) is 2.66. The van der Waals surface area contributed by atoms with E-state index >= 15 is 0 Å². The lowest BCUT2D eigenvalue weighted by Crippen LogP contribution is -2.48. The van der Waals surface area contributed by atoms with E-state index in [9.17, 15) is 4.79 Å². The molecule has 0 spiro atoms. The first kappa shape index (κ1) is 10.2. The maximum Gasteiger partial charge on any atom is 0.224 e. The number of carbonyl (C=O) groups excluding carboxylic acids is 1. The van der Waals surface area contributed by atoms with Gasteiger partial charge >= 0.3 is 0 Å². The van der Waals surface area contributed by atoms with Gasteiger partial charge in [-0.25, -0.2) is 0 Å². The van der Waals surface area contributed by atoms with E-state index in [0.29, 0.717) is 12.3 Å². The predicted octanol–water partition coefficient (Wildman–Crippen LogP) is 0.565. The first-order valence-corrected chi connectivity index (χ1v) is 5.36. The van der Waals surface area contributed by atoms with E-state index < -0.39 is 0 Å². The molecule has 3 heteroatoms. The molecule has 0 radical (unpaired) electrons. The summed E-state index contributed by atoms with van der Waals surface area (Å²) < 4.78 is 0. The Morgan fingerprint density at radius 2 is 2.07 bits per heavy atom. The SMILES string of the molecule is O=C(Cc1ccccc1)NCC1CNC1. The van der Waals surface area contributed by atoms with Crippen LogP contribution in [0.15, 0.2) is 30.3 Å². The summed E-state index contributed by atoms with van der Waals surface area (Å²) >= 11 is 0. The van der Waals surface area contributed by atoms with Crippen molar-refractivity contribution in [2.24, 2.45) is 5.92 Å². The molecule has 0 aliphatic carbocycles. The summed E-state index contributed by atoms with van der Waals surface area (Å²) in [5.41, 5.74) is 1.07. The molecule has 80 valence electrons. The van der Waals surface area contributed by atoms with E-state index in [1.54, 1.807) is 0 Å². The highest BCUT2D eigenvalue weighted by Crippen LogP contribution is 2.02. The molecule has 1 saturated heterocycles. The van der Waals surface area contributed by atoms with Crippen LogP contribution in [0.2, 0.25) is 0 Å². The van der Waals surface area contributed by atoms with Gasteiger partial charge in [0.05, 0.1) is 6.42 Å². The van der Waals surface area contributed by atoms with E-state index in [-0.39, 0.29) is 5.91 Å². The molecular formula is C12H16N2O. The van der Waals surface area contributed by atoms with Gasteiger partial charge in [0, 0.05) is 25.6 Å². The van der Waals surface area contributed by atoms with E-state index in [0.717, 1.165) is 25.2 Å². The van der Waals surface area contributed by atoms with Crippen molar-refractivity contribution in [1.29, 1.82) is 0 Å². The quantitative estimate of drug-likeness (QED) is 0.752. The lowest BCUT2D eigenvalue weighted by atomic mass is 10.0. The molecule has 0 bridgehead atoms. The van der Waals surface area contributed by atoms with Crippen molar-refractivity contribution in [1.82, 2.24) is 10.6 Å². The van der Waals surface area contributed by atoms with Crippen LogP contribution in [-0.2, 0) is 11.2 Å². The number of hydrogen-bond donors (Lipinski definition) is 2. The first-order chi connectivity index (χ1) is 7.34. The third-order valence-corrected chi connectivity index (χ3v) is 2.66. The monoisotopic (exact) mass is 204 g/mol. The Hall–Kier alpha value is -1.35. The smallest absolute Gasteiger partial charge is 0.224 e. The van der Waals surface area contributed by atoms with E-state index in [4.69, 9.17) is 0 Å². The van der Waals surface area contributed by atoms with Gasteiger partial charge in [-0.2, -0.15) is 0 Å². The second kappa shape index (κ2) is 4.94. The fourth-order valence-corrected chi connectivity index (χ4v) is 1.59. The summed E-state index contributed by atoms with van der Waals surface area (Å²) in [5, 5.41) is 6.14. The standard InChI is InChI=1S/C12H16N2O/c15-12(14-9-11-7-13-8-11)6-10-4-2-1-3-5-10/h1-5,11,13H,6-9H2,(H,14,15). The van der Waals surface area contributed by atoms with Crippen LogP contribution in [0.1, 0.15) is 5.56 Å². The lowest BCUT2D eigenvalue weighted by molar-refractivity contribution is -0.120. The van der Waals surface area contributed by atoms with Crippen LogP contribution < -0.4 is 10.6 Å². The highest BCUT2D eigenvalue weighted by atomic mass is 16.1. The zero-order chi connectivity index (χ0) is 10.5. The molecule has 0 saturated carbocycles. The molecule has 1 fully saturated rings. The molecule has 0 unspecified atom stereocenters. The Kier molecular flexibility index (Phi) is 3.35. The third kappa shape index (κ3) is 3.06. The Bertz CT molecular complexity index is 320. The largest absolute Gasteiger partial charge is 0.355 e. The average molecular weight is 204 g/mol. The normalized spacial score (nSPS) is 15.7. The highest BCUT2D eigenvalue weighted by molar-refractivity contribution is 5.78. The maximum atomic E-state index is 11.5. The van der Waals surface area contributed by atoms with Crippen molar-refractivity contribution in [3.05, 3.63) is 35.9 Å². The summed E-state index contributed by atoms with van der Waals surface area (Å²) in [4.78, 5) is 11.5. The zero-order valence-electron chi connectivity index (χ0n) is 8.70. The van der Waals surface area contributed by atoms with Gasteiger partial charge in [0.15, 0.2) is 0 Å². The molecule has 0 aromatic heterocycles. The van der Waals surface area contributed by atoms with Crippen molar-refractivity contribution in [3.8, 4) is 0 Å². The van der Waals surface area contributed by atoms with Gasteiger partial charge in [-0.05, 0) is 5.56 Å². The van der Waals surface area contributed by atoms with Crippen LogP contribution in [0.5, 0.6) is 0 Å². The first-order valence-electron chi connectivity index (χ1n) is 5.36. The number of hydrogen-bond acceptors (Lipinski definition) is 2. The predicted molar refractivity (Wildman–Crippen MR) is 59.5 cm³/mol. The summed E-state index contributed by atoms with van der Waals surface area (Å²) in [5.74, 6) is 0.748. The molecule has 1 amide bonds. The van der Waals surface area contributed by atoms with Gasteiger partial charge in [0.25, 0.3) is 0 Å². The van der Waals surface area contributed by atoms with Gasteiger partial charge in [-0.15, -0.1) is 0 Å². The Labute approximate surface area is 89.9 Å². The number of amides is 1. The van der Waals surface area contributed by atoms with Gasteiger partial charge in [0.2, 0.25) is 5.91 Å².